The van der Waals surface area contributed by atoms with Crippen molar-refractivity contribution in [3.63, 3.8) is 0 Å². The van der Waals surface area contributed by atoms with E-state index in [1.165, 1.54) is 112 Å². The van der Waals surface area contributed by atoms with Crippen LogP contribution in [0.1, 0.15) is 167 Å². The van der Waals surface area contributed by atoms with Crippen LogP contribution in [-0.2, 0) is 75.9 Å². The molecular formula is C99H93F2N6O19Y-. The quantitative estimate of drug-likeness (QED) is 0.00435. The van der Waals surface area contributed by atoms with Gasteiger partial charge in [-0.25, -0.2) is 23.2 Å². The van der Waals surface area contributed by atoms with Gasteiger partial charge in [-0.15, -0.1) is 0 Å². The summed E-state index contributed by atoms with van der Waals surface area (Å²) in [6.07, 6.45) is 9.56. The fraction of sp³-hybridized carbons (Fsp3) is 0.162. The number of aromatic carboxylic acids is 1. The number of hydrogen-bond acceptors (Lipinski definition) is 18. The third kappa shape index (κ3) is 28.4. The maximum absolute atomic E-state index is 13.7. The van der Waals surface area contributed by atoms with E-state index in [0.717, 1.165) is 11.6 Å². The normalized spacial score (nSPS) is 11.0. The van der Waals surface area contributed by atoms with Crippen LogP contribution in [-0.4, -0.2) is 117 Å². The number of rotatable bonds is 36. The first-order valence-electron chi connectivity index (χ1n) is 39.2. The number of nitrogens with two attached hydrogens (primary N) is 1. The zero-order chi connectivity index (χ0) is 92.0. The van der Waals surface area contributed by atoms with Crippen LogP contribution in [0.2, 0.25) is 0 Å². The fourth-order valence-corrected chi connectivity index (χ4v) is 12.3. The second-order valence-electron chi connectivity index (χ2n) is 28.6. The van der Waals surface area contributed by atoms with Crippen LogP contribution >= 0.6 is 0 Å². The molecule has 10 rings (SSSR count). The number of Topliss-reactive ketones (excluding diaryl/α,β-unsaturated/α-hetero) is 4. The van der Waals surface area contributed by atoms with E-state index in [1.807, 2.05) is 0 Å². The number of aliphatic carboxylic acids is 1. The Hall–Kier alpha value is -14.7. The van der Waals surface area contributed by atoms with E-state index >= 15 is 0 Å². The number of carboxylic acid groups (broad SMARTS) is 2. The summed E-state index contributed by atoms with van der Waals surface area (Å²) in [6, 6.07) is 48.1. The molecule has 0 heterocycles. The van der Waals surface area contributed by atoms with Gasteiger partial charge in [-0.3, -0.25) is 38.4 Å². The first-order chi connectivity index (χ1) is 60.1. The van der Waals surface area contributed by atoms with Crippen molar-refractivity contribution in [3.05, 3.63) is 356 Å². The number of amides is 5. The Morgan fingerprint density at radius 2 is 0.827 bits per heavy atom. The van der Waals surface area contributed by atoms with Gasteiger partial charge in [-0.1, -0.05) is 111 Å². The van der Waals surface area contributed by atoms with Crippen molar-refractivity contribution >= 4 is 111 Å². The molecule has 0 saturated heterocycles. The van der Waals surface area contributed by atoms with E-state index in [1.54, 1.807) is 162 Å². The van der Waals surface area contributed by atoms with Crippen molar-refractivity contribution in [2.24, 2.45) is 0 Å². The number of nitrogen functional groups attached to an aromatic ring is 1. The van der Waals surface area contributed by atoms with E-state index in [9.17, 15) is 81.6 Å². The number of hydrogen-bond donors (Lipinski definition) is 10. The number of anilines is 5. The first kappa shape index (κ1) is 99.4. The standard InChI is InChI=1S/C45H39FN2O9.C44H45N4O8.C10H9FO2.Y/c1-25(22-28-8-14-33(46)15-9-28)40(51)24-30-4-10-31(11-5-30)39(50)21-16-34(49)23-29-6-12-32(13-7-29)43(54)47-37-19-17-35(41(52)26(37)2)44(55)48-38-20-18-36(45(56)57)42(53)27(38)3;1-7-23-54-39-27(5)36(21-19-33(39)43(52)48-37-22-20-34(44(53)56-25-9-3)40(28(37)6)55-24-8-2)47-42(51)30-13-11-29(12-14-30)26-38(49)35(10-4)46-41(50)31-15-17-32(45)18-16-31;1-7(10(12)13)6-8-2-4-9(11)5-3-8;/h4-15,17-20,22,52-53H,16,21,23-24H2,1-3H3,(H,47,54)(H,48,55)(H,56,57);7-22,35H,1-3,23-26,45H2,4-6H3,(H,46,50)(H,47,51)(H,48,52);2-6H,1H3,(H,12,13);/q;-1;;/b25-22+;;7-6+;. The van der Waals surface area contributed by atoms with E-state index in [2.05, 4.69) is 46.3 Å². The maximum Gasteiger partial charge on any atom is 0.342 e. The van der Waals surface area contributed by atoms with Crippen molar-refractivity contribution in [2.45, 2.75) is 86.6 Å². The Kier molecular flexibility index (Phi) is 37.4. The van der Waals surface area contributed by atoms with Gasteiger partial charge in [0.25, 0.3) is 23.6 Å². The molecule has 0 spiro atoms. The number of ether oxygens (including phenoxy) is 3. The largest absolute Gasteiger partial charge is 0.507 e. The van der Waals surface area contributed by atoms with E-state index in [-0.39, 0.29) is 187 Å². The smallest absolute Gasteiger partial charge is 0.342 e. The number of carbonyl (C=O) groups excluding carboxylic acids is 10. The first-order valence-corrected chi connectivity index (χ1v) is 39.2. The molecule has 1 radical (unpaired) electrons. The van der Waals surface area contributed by atoms with Crippen LogP contribution in [0.25, 0.3) is 12.2 Å². The summed E-state index contributed by atoms with van der Waals surface area (Å²) in [5.41, 5.74) is 14.2. The Bertz CT molecular complexity index is 5870. The zero-order valence-corrected chi connectivity index (χ0v) is 73.5. The molecule has 0 aliphatic carbocycles. The molecule has 0 aliphatic heterocycles. The summed E-state index contributed by atoms with van der Waals surface area (Å²) < 4.78 is 42.5. The van der Waals surface area contributed by atoms with Crippen LogP contribution in [0.5, 0.6) is 23.0 Å². The van der Waals surface area contributed by atoms with E-state index < -0.39 is 65.0 Å². The number of carbonyl (C=O) groups is 12. The summed E-state index contributed by atoms with van der Waals surface area (Å²) in [5, 5.41) is 52.4. The van der Waals surface area contributed by atoms with Crippen molar-refractivity contribution in [1.29, 1.82) is 0 Å². The van der Waals surface area contributed by atoms with Gasteiger partial charge < -0.3 is 78.2 Å². The number of allylic oxidation sites excluding steroid dienone is 1. The predicted octanol–water partition coefficient (Wildman–Crippen LogP) is 17.4. The Morgan fingerprint density at radius 3 is 1.29 bits per heavy atom. The molecule has 0 saturated carbocycles. The molecule has 28 heteroatoms. The van der Waals surface area contributed by atoms with Gasteiger partial charge in [-0.2, -0.15) is 6.92 Å². The van der Waals surface area contributed by atoms with Gasteiger partial charge in [0.1, 0.15) is 77.1 Å². The molecule has 0 aromatic heterocycles. The zero-order valence-electron chi connectivity index (χ0n) is 70.6. The minimum Gasteiger partial charge on any atom is -0.507 e. The van der Waals surface area contributed by atoms with Gasteiger partial charge in [0.2, 0.25) is 5.91 Å². The molecule has 25 nitrogen and oxygen atoms in total. The summed E-state index contributed by atoms with van der Waals surface area (Å²) in [6.45, 7) is 22.4. The molecule has 127 heavy (non-hydrogen) atoms. The van der Waals surface area contributed by atoms with Gasteiger partial charge in [0.05, 0.1) is 11.1 Å². The number of nitrogens with one attached hydrogen (secondary N) is 5. The van der Waals surface area contributed by atoms with E-state index in [0.29, 0.717) is 72.7 Å². The molecule has 10 aromatic carbocycles. The third-order valence-corrected chi connectivity index (χ3v) is 19.5. The Morgan fingerprint density at radius 1 is 0.441 bits per heavy atom. The number of ketones is 4. The third-order valence-electron chi connectivity index (χ3n) is 19.5. The summed E-state index contributed by atoms with van der Waals surface area (Å²) >= 11 is 0. The number of phenolic OH excluding ortho intramolecular Hbond substituents is 1. The number of halogens is 2. The summed E-state index contributed by atoms with van der Waals surface area (Å²) in [4.78, 5) is 151. The number of phenols is 2. The fourth-order valence-electron chi connectivity index (χ4n) is 12.3. The molecular weight excluding hydrogens is 1700 g/mol. The van der Waals surface area contributed by atoms with Gasteiger partial charge >= 0.3 is 17.9 Å². The van der Waals surface area contributed by atoms with Crippen LogP contribution in [0.4, 0.5) is 37.2 Å². The second-order valence-corrected chi connectivity index (χ2v) is 28.6. The van der Waals surface area contributed by atoms with Crippen molar-refractivity contribution in [2.75, 3.05) is 46.8 Å². The summed E-state index contributed by atoms with van der Waals surface area (Å²) in [7, 11) is 0. The minimum atomic E-state index is -1.33. The molecule has 0 fully saturated rings. The predicted molar refractivity (Wildman–Crippen MR) is 478 cm³/mol. The van der Waals surface area contributed by atoms with Crippen LogP contribution < -0.4 is 41.8 Å². The summed E-state index contributed by atoms with van der Waals surface area (Å²) in [5.74, 6) is -7.29. The number of aromatic hydroxyl groups is 2. The van der Waals surface area contributed by atoms with Gasteiger partial charge in [-0.05, 0) is 214 Å². The molecule has 0 aliphatic rings. The van der Waals surface area contributed by atoms with Gasteiger partial charge in [0.15, 0.2) is 11.6 Å². The van der Waals surface area contributed by atoms with E-state index in [4.69, 9.17) is 25.1 Å². The topological polar surface area (TPSA) is 400 Å². The molecule has 1 unspecified atom stereocenters. The SMILES string of the molecule is C/C(=C\c1ccc(F)cc1)C(=O)Cc1ccc(C(=O)CCC(=O)Cc2ccc(C(=O)Nc3ccc(C(=O)Nc4ccc(C(=O)O)c(O)c4C)c(O)c3C)cc2)cc1.C/C(=C\c1ccc(F)cc1)C(=O)O.C=CCOC(=O)c1ccc(NC(=O)c2ccc(NC(=O)c3ccc(CC(=O)C([CH-]C)NC(=O)c4ccc(N)cc4)cc3)c(C)c2OCC=C)c(C)c1OCC=C.[Y]. The molecule has 1 atom stereocenters. The average Bonchev–Trinajstić information content (AvgIpc) is 0.777. The van der Waals surface area contributed by atoms with Crippen molar-refractivity contribution < 1.29 is 134 Å². The number of esters is 1. The molecule has 5 amide bonds. The number of carboxylic acids is 2. The Balaban J connectivity index is 0.000000302. The van der Waals surface area contributed by atoms with Crippen molar-refractivity contribution in [1.82, 2.24) is 5.32 Å². The average molecular weight is 1800 g/mol. The van der Waals surface area contributed by atoms with Crippen LogP contribution in [0.3, 0.4) is 0 Å². The minimum absolute atomic E-state index is 0. The molecule has 10 aromatic rings. The van der Waals surface area contributed by atoms with Crippen LogP contribution in [0, 0.1) is 45.8 Å². The molecule has 651 valence electrons. The Labute approximate surface area is 757 Å². The maximum atomic E-state index is 13.7. The monoisotopic (exact) mass is 1800 g/mol. The number of benzene rings is 10. The van der Waals surface area contributed by atoms with Gasteiger partial charge in [0, 0.05) is 143 Å². The van der Waals surface area contributed by atoms with Crippen LogP contribution in [0.15, 0.2) is 243 Å². The molecule has 11 N–H and O–H groups in total. The molecule has 0 bridgehead atoms. The second kappa shape index (κ2) is 47.8. The van der Waals surface area contributed by atoms with Crippen molar-refractivity contribution in [3.8, 4) is 23.0 Å².